The summed E-state index contributed by atoms with van der Waals surface area (Å²) >= 11 is 5.78. The van der Waals surface area contributed by atoms with Gasteiger partial charge in [0, 0.05) is 23.3 Å². The van der Waals surface area contributed by atoms with Crippen molar-refractivity contribution in [1.82, 2.24) is 15.3 Å². The summed E-state index contributed by atoms with van der Waals surface area (Å²) in [6, 6.07) is 26.1. The Balaban J connectivity index is 1.48. The van der Waals surface area contributed by atoms with Gasteiger partial charge in [0.15, 0.2) is 5.11 Å². The van der Waals surface area contributed by atoms with Gasteiger partial charge in [0.05, 0.1) is 11.7 Å². The summed E-state index contributed by atoms with van der Waals surface area (Å²) in [5, 5.41) is 4.15. The van der Waals surface area contributed by atoms with Gasteiger partial charge in [-0.3, -0.25) is 4.98 Å². The summed E-state index contributed by atoms with van der Waals surface area (Å²) in [6.45, 7) is 4.10. The first kappa shape index (κ1) is 20.3. The van der Waals surface area contributed by atoms with E-state index in [1.807, 2.05) is 79.9 Å². The van der Waals surface area contributed by atoms with Crippen molar-refractivity contribution in [3.05, 3.63) is 108 Å². The fraction of sp³-hybridized carbons (Fsp3) is 0.154. The average molecular weight is 441 g/mol. The van der Waals surface area contributed by atoms with Crippen LogP contribution in [0.15, 0.2) is 85.1 Å². The number of hydrogen-bond acceptors (Lipinski definition) is 3. The van der Waals surface area contributed by atoms with Gasteiger partial charge >= 0.3 is 0 Å². The van der Waals surface area contributed by atoms with Crippen LogP contribution in [-0.2, 0) is 0 Å². The molecular formula is C26H24N4OS. The van der Waals surface area contributed by atoms with Crippen molar-refractivity contribution in [3.63, 3.8) is 0 Å². The maximum atomic E-state index is 6.08. The van der Waals surface area contributed by atoms with E-state index in [0.29, 0.717) is 5.11 Å². The summed E-state index contributed by atoms with van der Waals surface area (Å²) in [4.78, 5) is 10.2. The lowest BCUT2D eigenvalue weighted by molar-refractivity contribution is 0.479. The standard InChI is InChI=1S/C26H24N4OS/c1-17-7-3-4-9-23(17)31-20-13-11-19(12-14-20)30-25(22-15-10-18(2)28-22)24(29-26(30)32)21-8-5-6-16-27-21/h3-16,24-25,28H,1-2H3,(H,29,32). The Morgan fingerprint density at radius 3 is 2.38 bits per heavy atom. The zero-order valence-corrected chi connectivity index (χ0v) is 18.8. The van der Waals surface area contributed by atoms with Gasteiger partial charge in [0.25, 0.3) is 0 Å². The predicted octanol–water partition coefficient (Wildman–Crippen LogP) is 6.00. The highest BCUT2D eigenvalue weighted by Gasteiger charge is 2.41. The monoisotopic (exact) mass is 440 g/mol. The van der Waals surface area contributed by atoms with Crippen LogP contribution in [0.3, 0.4) is 0 Å². The molecule has 0 aliphatic carbocycles. The molecule has 5 rings (SSSR count). The van der Waals surface area contributed by atoms with Crippen LogP contribution in [0.25, 0.3) is 0 Å². The Labute approximate surface area is 193 Å². The Morgan fingerprint density at radius 1 is 0.906 bits per heavy atom. The molecule has 5 nitrogen and oxygen atoms in total. The zero-order chi connectivity index (χ0) is 22.1. The van der Waals surface area contributed by atoms with Crippen LogP contribution in [0, 0.1) is 13.8 Å². The third-order valence-corrected chi connectivity index (χ3v) is 6.02. The van der Waals surface area contributed by atoms with Crippen LogP contribution < -0.4 is 15.0 Å². The normalized spacial score (nSPS) is 17.9. The largest absolute Gasteiger partial charge is 0.457 e. The molecule has 2 unspecified atom stereocenters. The second-order valence-electron chi connectivity index (χ2n) is 7.95. The molecule has 6 heteroatoms. The summed E-state index contributed by atoms with van der Waals surface area (Å²) < 4.78 is 6.08. The van der Waals surface area contributed by atoms with E-state index in [1.54, 1.807) is 0 Å². The van der Waals surface area contributed by atoms with Crippen molar-refractivity contribution in [2.75, 3.05) is 4.90 Å². The van der Waals surface area contributed by atoms with Crippen LogP contribution in [0.2, 0.25) is 0 Å². The van der Waals surface area contributed by atoms with Crippen LogP contribution in [0.1, 0.15) is 34.7 Å². The van der Waals surface area contributed by atoms with Gasteiger partial charge in [-0.25, -0.2) is 0 Å². The van der Waals surface area contributed by atoms with E-state index in [9.17, 15) is 0 Å². The number of anilines is 1. The molecule has 32 heavy (non-hydrogen) atoms. The number of nitrogens with one attached hydrogen (secondary N) is 2. The van der Waals surface area contributed by atoms with E-state index in [2.05, 4.69) is 39.2 Å². The number of rotatable bonds is 5. The van der Waals surface area contributed by atoms with Crippen molar-refractivity contribution in [1.29, 1.82) is 0 Å². The Hall–Kier alpha value is -3.64. The Kier molecular flexibility index (Phi) is 5.37. The van der Waals surface area contributed by atoms with Crippen LogP contribution >= 0.6 is 12.2 Å². The molecule has 4 aromatic rings. The fourth-order valence-corrected chi connectivity index (χ4v) is 4.47. The van der Waals surface area contributed by atoms with Gasteiger partial charge in [-0.2, -0.15) is 0 Å². The predicted molar refractivity (Wildman–Crippen MR) is 131 cm³/mol. The molecule has 0 radical (unpaired) electrons. The molecule has 1 fully saturated rings. The van der Waals surface area contributed by atoms with E-state index < -0.39 is 0 Å². The topological polar surface area (TPSA) is 53.2 Å². The number of nitrogens with zero attached hydrogens (tertiary/aromatic N) is 2. The number of aromatic amines is 1. The number of ether oxygens (including phenoxy) is 1. The van der Waals surface area contributed by atoms with Gasteiger partial charge < -0.3 is 19.9 Å². The Morgan fingerprint density at radius 2 is 1.69 bits per heavy atom. The minimum atomic E-state index is -0.0651. The van der Waals surface area contributed by atoms with Crippen LogP contribution in [0.5, 0.6) is 11.5 Å². The first-order valence-electron chi connectivity index (χ1n) is 10.6. The maximum absolute atomic E-state index is 6.08. The number of aryl methyl sites for hydroxylation is 2. The molecule has 0 spiro atoms. The van der Waals surface area contributed by atoms with Gasteiger partial charge in [0.1, 0.15) is 17.5 Å². The Bertz CT molecular complexity index is 1240. The number of para-hydroxylation sites is 1. The quantitative estimate of drug-likeness (QED) is 0.373. The fourth-order valence-electron chi connectivity index (χ4n) is 4.12. The molecule has 2 aromatic heterocycles. The molecule has 0 saturated carbocycles. The molecule has 2 N–H and O–H groups in total. The SMILES string of the molecule is Cc1ccc(C2C(c3ccccn3)NC(=S)N2c2ccc(Oc3ccccc3C)cc2)[nH]1. The molecule has 1 saturated heterocycles. The van der Waals surface area contributed by atoms with E-state index in [4.69, 9.17) is 17.0 Å². The van der Waals surface area contributed by atoms with E-state index in [0.717, 1.165) is 39.8 Å². The van der Waals surface area contributed by atoms with Gasteiger partial charge in [0.2, 0.25) is 0 Å². The van der Waals surface area contributed by atoms with Crippen molar-refractivity contribution in [2.45, 2.75) is 25.9 Å². The van der Waals surface area contributed by atoms with E-state index in [1.165, 1.54) is 0 Å². The molecule has 0 amide bonds. The molecule has 160 valence electrons. The number of thiocarbonyl (C=S) groups is 1. The first-order valence-corrected chi connectivity index (χ1v) is 11.0. The zero-order valence-electron chi connectivity index (χ0n) is 17.9. The smallest absolute Gasteiger partial charge is 0.174 e. The van der Waals surface area contributed by atoms with Crippen molar-refractivity contribution in [3.8, 4) is 11.5 Å². The second kappa shape index (κ2) is 8.48. The number of H-pyrrole nitrogens is 1. The summed E-state index contributed by atoms with van der Waals surface area (Å²) in [6.07, 6.45) is 1.82. The number of hydrogen-bond donors (Lipinski definition) is 2. The minimum Gasteiger partial charge on any atom is -0.457 e. The van der Waals surface area contributed by atoms with E-state index >= 15 is 0 Å². The highest BCUT2D eigenvalue weighted by molar-refractivity contribution is 7.80. The lowest BCUT2D eigenvalue weighted by Crippen LogP contribution is -2.29. The second-order valence-corrected chi connectivity index (χ2v) is 8.34. The van der Waals surface area contributed by atoms with Crippen LogP contribution in [-0.4, -0.2) is 15.1 Å². The highest BCUT2D eigenvalue weighted by Crippen LogP contribution is 2.41. The molecule has 1 aliphatic heterocycles. The van der Waals surface area contributed by atoms with Crippen molar-refractivity contribution < 1.29 is 4.74 Å². The molecule has 2 aromatic carbocycles. The summed E-state index contributed by atoms with van der Waals surface area (Å²) in [7, 11) is 0. The molecular weight excluding hydrogens is 416 g/mol. The van der Waals surface area contributed by atoms with Crippen LogP contribution in [0.4, 0.5) is 5.69 Å². The average Bonchev–Trinajstić information content (AvgIpc) is 3.39. The molecule has 3 heterocycles. The highest BCUT2D eigenvalue weighted by atomic mass is 32.1. The van der Waals surface area contributed by atoms with Crippen molar-refractivity contribution >= 4 is 23.0 Å². The lowest BCUT2D eigenvalue weighted by Gasteiger charge is -2.27. The number of pyridine rings is 1. The first-order chi connectivity index (χ1) is 15.6. The molecule has 0 bridgehead atoms. The van der Waals surface area contributed by atoms with Crippen molar-refractivity contribution in [2.24, 2.45) is 0 Å². The van der Waals surface area contributed by atoms with Gasteiger partial charge in [-0.1, -0.05) is 24.3 Å². The third kappa shape index (κ3) is 3.85. The third-order valence-electron chi connectivity index (χ3n) is 5.71. The number of benzene rings is 2. The molecule has 1 aliphatic rings. The summed E-state index contributed by atoms with van der Waals surface area (Å²) in [5.41, 5.74) is 5.25. The van der Waals surface area contributed by atoms with Gasteiger partial charge in [-0.05, 0) is 86.2 Å². The maximum Gasteiger partial charge on any atom is 0.174 e. The van der Waals surface area contributed by atoms with E-state index in [-0.39, 0.29) is 12.1 Å². The number of aromatic nitrogens is 2. The molecule has 2 atom stereocenters. The van der Waals surface area contributed by atoms with Gasteiger partial charge in [-0.15, -0.1) is 0 Å². The lowest BCUT2D eigenvalue weighted by atomic mass is 10.0. The summed E-state index contributed by atoms with van der Waals surface area (Å²) in [5.74, 6) is 1.64. The minimum absolute atomic E-state index is 0.0470.